The summed E-state index contributed by atoms with van der Waals surface area (Å²) in [4.78, 5) is 0. The Kier molecular flexibility index (Phi) is 3.65. The van der Waals surface area contributed by atoms with E-state index >= 15 is 0 Å². The van der Waals surface area contributed by atoms with Gasteiger partial charge < -0.3 is 10.3 Å². The number of rotatable bonds is 2. The first-order chi connectivity index (χ1) is 8.61. The molecule has 98 valence electrons. The Morgan fingerprint density at radius 1 is 1.33 bits per heavy atom. The lowest BCUT2D eigenvalue weighted by Crippen LogP contribution is -2.24. The van der Waals surface area contributed by atoms with Crippen LogP contribution in [0.4, 0.5) is 5.82 Å². The van der Waals surface area contributed by atoms with Gasteiger partial charge in [-0.15, -0.1) is 0 Å². The van der Waals surface area contributed by atoms with E-state index < -0.39 is 0 Å². The second-order valence-electron chi connectivity index (χ2n) is 5.47. The van der Waals surface area contributed by atoms with Gasteiger partial charge in [0.2, 0.25) is 0 Å². The van der Waals surface area contributed by atoms with Gasteiger partial charge in [-0.1, -0.05) is 26.2 Å². The average molecular weight is 245 g/mol. The van der Waals surface area contributed by atoms with E-state index in [0.717, 1.165) is 5.56 Å². The SMILES string of the molecule is CCC1CCCCC1n1c(C)c(C)c(C#N)c1N. The van der Waals surface area contributed by atoms with Gasteiger partial charge in [-0.25, -0.2) is 0 Å². The van der Waals surface area contributed by atoms with Crippen molar-refractivity contribution in [3.05, 3.63) is 16.8 Å². The lowest BCUT2D eigenvalue weighted by Gasteiger charge is -2.33. The highest BCUT2D eigenvalue weighted by Gasteiger charge is 2.29. The summed E-state index contributed by atoms with van der Waals surface area (Å²) in [5.41, 5.74) is 9.10. The van der Waals surface area contributed by atoms with E-state index in [4.69, 9.17) is 5.73 Å². The normalized spacial score (nSPS) is 23.9. The zero-order chi connectivity index (χ0) is 13.3. The molecule has 2 rings (SSSR count). The van der Waals surface area contributed by atoms with E-state index in [9.17, 15) is 5.26 Å². The van der Waals surface area contributed by atoms with E-state index in [0.29, 0.717) is 23.3 Å². The summed E-state index contributed by atoms with van der Waals surface area (Å²) in [6.07, 6.45) is 6.29. The summed E-state index contributed by atoms with van der Waals surface area (Å²) in [5, 5.41) is 9.22. The molecule has 0 aliphatic heterocycles. The summed E-state index contributed by atoms with van der Waals surface area (Å²) < 4.78 is 2.24. The van der Waals surface area contributed by atoms with Crippen LogP contribution in [0.25, 0.3) is 0 Å². The smallest absolute Gasteiger partial charge is 0.122 e. The Balaban J connectivity index is 2.47. The number of nitrogens with zero attached hydrogens (tertiary/aromatic N) is 2. The number of hydrogen-bond acceptors (Lipinski definition) is 2. The van der Waals surface area contributed by atoms with Gasteiger partial charge in [0.15, 0.2) is 0 Å². The molecule has 0 aromatic carbocycles. The molecular weight excluding hydrogens is 222 g/mol. The monoisotopic (exact) mass is 245 g/mol. The fourth-order valence-corrected chi connectivity index (χ4v) is 3.43. The maximum Gasteiger partial charge on any atom is 0.122 e. The lowest BCUT2D eigenvalue weighted by atomic mass is 9.82. The van der Waals surface area contributed by atoms with E-state index in [1.54, 1.807) is 0 Å². The second kappa shape index (κ2) is 5.06. The molecule has 1 heterocycles. The molecule has 0 spiro atoms. The van der Waals surface area contributed by atoms with Crippen LogP contribution in [0.1, 0.15) is 61.9 Å². The lowest BCUT2D eigenvalue weighted by molar-refractivity contribution is 0.232. The number of aromatic nitrogens is 1. The Bertz CT molecular complexity index is 479. The van der Waals surface area contributed by atoms with Gasteiger partial charge in [0.05, 0.1) is 5.56 Å². The molecular formula is C15H23N3. The predicted molar refractivity (Wildman–Crippen MR) is 74.3 cm³/mol. The predicted octanol–water partition coefficient (Wildman–Crippen LogP) is 3.70. The molecule has 2 N–H and O–H groups in total. The summed E-state index contributed by atoms with van der Waals surface area (Å²) >= 11 is 0. The van der Waals surface area contributed by atoms with Crippen LogP contribution in [-0.2, 0) is 0 Å². The first-order valence-corrected chi connectivity index (χ1v) is 6.98. The van der Waals surface area contributed by atoms with Crippen molar-refractivity contribution in [2.24, 2.45) is 5.92 Å². The minimum absolute atomic E-state index is 0.490. The molecule has 0 amide bonds. The van der Waals surface area contributed by atoms with Crippen molar-refractivity contribution in [1.82, 2.24) is 4.57 Å². The number of nitrogen functional groups attached to an aromatic ring is 1. The zero-order valence-electron chi connectivity index (χ0n) is 11.7. The van der Waals surface area contributed by atoms with Crippen molar-refractivity contribution in [2.75, 3.05) is 5.73 Å². The molecule has 1 aliphatic carbocycles. The molecule has 0 bridgehead atoms. The van der Waals surface area contributed by atoms with E-state index in [1.165, 1.54) is 37.8 Å². The molecule has 1 aromatic heterocycles. The maximum absolute atomic E-state index is 9.22. The zero-order valence-corrected chi connectivity index (χ0v) is 11.7. The third-order valence-electron chi connectivity index (χ3n) is 4.63. The van der Waals surface area contributed by atoms with Gasteiger partial charge in [0.25, 0.3) is 0 Å². The van der Waals surface area contributed by atoms with Gasteiger partial charge in [0.1, 0.15) is 11.9 Å². The highest BCUT2D eigenvalue weighted by molar-refractivity contribution is 5.58. The number of nitrogens with two attached hydrogens (primary N) is 1. The summed E-state index contributed by atoms with van der Waals surface area (Å²) in [5.74, 6) is 1.39. The van der Waals surface area contributed by atoms with Crippen LogP contribution in [0.2, 0.25) is 0 Å². The van der Waals surface area contributed by atoms with Gasteiger partial charge in [-0.2, -0.15) is 5.26 Å². The van der Waals surface area contributed by atoms with Crippen LogP contribution in [0.15, 0.2) is 0 Å². The van der Waals surface area contributed by atoms with E-state index in [1.807, 2.05) is 6.92 Å². The Labute approximate surface area is 110 Å². The van der Waals surface area contributed by atoms with Crippen molar-refractivity contribution in [1.29, 1.82) is 5.26 Å². The third-order valence-corrected chi connectivity index (χ3v) is 4.63. The summed E-state index contributed by atoms with van der Waals surface area (Å²) in [6, 6.07) is 2.74. The molecule has 1 aliphatic rings. The number of anilines is 1. The maximum atomic E-state index is 9.22. The minimum atomic E-state index is 0.490. The molecule has 3 heteroatoms. The van der Waals surface area contributed by atoms with Gasteiger partial charge in [-0.05, 0) is 38.2 Å². The van der Waals surface area contributed by atoms with Gasteiger partial charge in [-0.3, -0.25) is 0 Å². The molecule has 1 aromatic rings. The second-order valence-corrected chi connectivity index (χ2v) is 5.47. The van der Waals surface area contributed by atoms with Gasteiger partial charge >= 0.3 is 0 Å². The van der Waals surface area contributed by atoms with Crippen LogP contribution in [0.5, 0.6) is 0 Å². The van der Waals surface area contributed by atoms with E-state index in [2.05, 4.69) is 24.5 Å². The van der Waals surface area contributed by atoms with Crippen LogP contribution in [0.3, 0.4) is 0 Å². The highest BCUT2D eigenvalue weighted by atomic mass is 15.1. The molecule has 2 atom stereocenters. The molecule has 18 heavy (non-hydrogen) atoms. The van der Waals surface area contributed by atoms with Crippen LogP contribution >= 0.6 is 0 Å². The molecule has 0 radical (unpaired) electrons. The standard InChI is InChI=1S/C15H23N3/c1-4-12-7-5-6-8-14(12)18-11(3)10(2)13(9-16)15(18)17/h12,14H,4-8,17H2,1-3H3. The third kappa shape index (κ3) is 1.90. The fourth-order valence-electron chi connectivity index (χ4n) is 3.43. The average Bonchev–Trinajstić information content (AvgIpc) is 2.60. The van der Waals surface area contributed by atoms with Crippen LogP contribution < -0.4 is 5.73 Å². The van der Waals surface area contributed by atoms with E-state index in [-0.39, 0.29) is 0 Å². The molecule has 2 unspecified atom stereocenters. The topological polar surface area (TPSA) is 54.7 Å². The molecule has 1 fully saturated rings. The highest BCUT2D eigenvalue weighted by Crippen LogP contribution is 2.40. The van der Waals surface area contributed by atoms with Crippen LogP contribution in [-0.4, -0.2) is 4.57 Å². The number of hydrogen-bond donors (Lipinski definition) is 1. The summed E-state index contributed by atoms with van der Waals surface area (Å²) in [6.45, 7) is 6.36. The van der Waals surface area contributed by atoms with Crippen LogP contribution in [0, 0.1) is 31.1 Å². The fraction of sp³-hybridized carbons (Fsp3) is 0.667. The molecule has 0 saturated heterocycles. The first kappa shape index (κ1) is 13.0. The van der Waals surface area contributed by atoms with Crippen molar-refractivity contribution in [2.45, 2.75) is 58.9 Å². The Hall–Kier alpha value is -1.43. The number of nitriles is 1. The van der Waals surface area contributed by atoms with Crippen molar-refractivity contribution < 1.29 is 0 Å². The van der Waals surface area contributed by atoms with Crippen molar-refractivity contribution in [3.63, 3.8) is 0 Å². The van der Waals surface area contributed by atoms with Crippen molar-refractivity contribution >= 4 is 5.82 Å². The minimum Gasteiger partial charge on any atom is -0.384 e. The van der Waals surface area contributed by atoms with Gasteiger partial charge in [0, 0.05) is 11.7 Å². The Morgan fingerprint density at radius 2 is 2.00 bits per heavy atom. The van der Waals surface area contributed by atoms with Crippen molar-refractivity contribution in [3.8, 4) is 6.07 Å². The molecule has 1 saturated carbocycles. The Morgan fingerprint density at radius 3 is 2.56 bits per heavy atom. The summed E-state index contributed by atoms with van der Waals surface area (Å²) in [7, 11) is 0. The largest absolute Gasteiger partial charge is 0.384 e. The quantitative estimate of drug-likeness (QED) is 0.863. The molecule has 3 nitrogen and oxygen atoms in total. The first-order valence-electron chi connectivity index (χ1n) is 6.98.